The number of carbonyl (C=O) groups is 1. The van der Waals surface area contributed by atoms with E-state index in [0.29, 0.717) is 12.8 Å². The third-order valence-corrected chi connectivity index (χ3v) is 3.31. The Morgan fingerprint density at radius 1 is 1.16 bits per heavy atom. The molecule has 0 spiro atoms. The fourth-order valence-corrected chi connectivity index (χ4v) is 2.23. The monoisotopic (exact) mass is 282 g/mol. The Morgan fingerprint density at radius 3 is 2.11 bits per heavy atom. The molecule has 0 unspecified atom stereocenters. The van der Waals surface area contributed by atoms with Crippen molar-refractivity contribution in [2.45, 2.75) is 64.1 Å². The molecule has 114 valence electrons. The molecule has 0 aromatic heterocycles. The molecule has 0 saturated heterocycles. The fraction of sp³-hybridized carbons (Fsp3) is 0.923. The summed E-state index contributed by atoms with van der Waals surface area (Å²) in [6.45, 7) is 3.66. The molecule has 0 radical (unpaired) electrons. The lowest BCUT2D eigenvalue weighted by molar-refractivity contribution is -0.137. The van der Waals surface area contributed by atoms with Gasteiger partial charge in [-0.2, -0.15) is 13.2 Å². The van der Waals surface area contributed by atoms with E-state index in [4.69, 9.17) is 0 Å². The number of amides is 1. The fourth-order valence-electron chi connectivity index (χ4n) is 2.23. The van der Waals surface area contributed by atoms with Crippen molar-refractivity contribution in [3.05, 3.63) is 0 Å². The number of halogens is 3. The highest BCUT2D eigenvalue weighted by Gasteiger charge is 2.38. The van der Waals surface area contributed by atoms with Crippen molar-refractivity contribution >= 4 is 5.91 Å². The summed E-state index contributed by atoms with van der Waals surface area (Å²) in [4.78, 5) is 11.9. The number of hydrogen-bond donors (Lipinski definition) is 2. The summed E-state index contributed by atoms with van der Waals surface area (Å²) in [6.07, 6.45) is -0.839. The van der Waals surface area contributed by atoms with Crippen molar-refractivity contribution in [1.82, 2.24) is 10.6 Å². The Morgan fingerprint density at radius 2 is 1.68 bits per heavy atom. The zero-order valence-electron chi connectivity index (χ0n) is 12.0. The van der Waals surface area contributed by atoms with Crippen molar-refractivity contribution in [3.8, 4) is 0 Å². The molecule has 1 aliphatic carbocycles. The van der Waals surface area contributed by atoms with E-state index in [1.165, 1.54) is 0 Å². The van der Waals surface area contributed by atoms with E-state index >= 15 is 0 Å². The molecule has 0 aliphatic heterocycles. The van der Waals surface area contributed by atoms with Crippen LogP contribution in [-0.4, -0.2) is 31.2 Å². The van der Waals surface area contributed by atoms with Crippen LogP contribution in [0.1, 0.15) is 52.4 Å². The Hall–Kier alpha value is -0.780. The normalized spacial score (nSPS) is 18.2. The van der Waals surface area contributed by atoms with Crippen LogP contribution in [0.3, 0.4) is 0 Å². The number of alkyl halides is 3. The predicted molar refractivity (Wildman–Crippen MR) is 69.9 cm³/mol. The van der Waals surface area contributed by atoms with Gasteiger partial charge in [-0.05, 0) is 19.9 Å². The van der Waals surface area contributed by atoms with Gasteiger partial charge in [-0.3, -0.25) is 4.79 Å². The molecule has 0 bridgehead atoms. The Balaban J connectivity index is 0.00000154. The number of rotatable bonds is 4. The van der Waals surface area contributed by atoms with Crippen LogP contribution in [0, 0.1) is 0 Å². The number of nitrogens with one attached hydrogen (secondary N) is 2. The van der Waals surface area contributed by atoms with Gasteiger partial charge in [0.1, 0.15) is 0 Å². The van der Waals surface area contributed by atoms with Crippen LogP contribution in [0.4, 0.5) is 13.2 Å². The highest BCUT2D eigenvalue weighted by atomic mass is 19.4. The van der Waals surface area contributed by atoms with E-state index in [1.807, 2.05) is 13.8 Å². The van der Waals surface area contributed by atoms with Crippen molar-refractivity contribution in [2.24, 2.45) is 0 Å². The molecule has 0 atom stereocenters. The van der Waals surface area contributed by atoms with Crippen molar-refractivity contribution in [3.63, 3.8) is 0 Å². The minimum absolute atomic E-state index is 0.302. The zero-order valence-corrected chi connectivity index (χ0v) is 12.0. The summed E-state index contributed by atoms with van der Waals surface area (Å²) in [6, 6.07) is 0. The molecule has 1 rings (SSSR count). The van der Waals surface area contributed by atoms with Gasteiger partial charge in [-0.15, -0.1) is 0 Å². The highest BCUT2D eigenvalue weighted by molar-refractivity contribution is 5.86. The second kappa shape index (κ2) is 8.40. The maximum atomic E-state index is 12.0. The number of hydrogen-bond acceptors (Lipinski definition) is 2. The maximum Gasteiger partial charge on any atom is 0.390 e. The molecule has 1 amide bonds. The van der Waals surface area contributed by atoms with E-state index in [1.54, 1.807) is 7.05 Å². The first kappa shape index (κ1) is 18.2. The van der Waals surface area contributed by atoms with Gasteiger partial charge >= 0.3 is 6.18 Å². The van der Waals surface area contributed by atoms with Crippen LogP contribution in [0.15, 0.2) is 0 Å². The van der Waals surface area contributed by atoms with Crippen LogP contribution in [-0.2, 0) is 4.79 Å². The average molecular weight is 282 g/mol. The van der Waals surface area contributed by atoms with Gasteiger partial charge in [0.25, 0.3) is 0 Å². The Labute approximate surface area is 113 Å². The van der Waals surface area contributed by atoms with Crippen molar-refractivity contribution < 1.29 is 18.0 Å². The smallest absolute Gasteiger partial charge is 0.354 e. The molecule has 3 nitrogen and oxygen atoms in total. The molecule has 1 saturated carbocycles. The minimum atomic E-state index is -4.22. The largest absolute Gasteiger partial charge is 0.390 e. The molecule has 0 aromatic carbocycles. The summed E-state index contributed by atoms with van der Waals surface area (Å²) < 4.78 is 35.9. The van der Waals surface area contributed by atoms with E-state index in [9.17, 15) is 18.0 Å². The van der Waals surface area contributed by atoms with Crippen LogP contribution in [0.25, 0.3) is 0 Å². The molecule has 1 fully saturated rings. The summed E-state index contributed by atoms with van der Waals surface area (Å²) in [5.41, 5.74) is -0.663. The first-order valence-electron chi connectivity index (χ1n) is 6.94. The lowest BCUT2D eigenvalue weighted by Gasteiger charge is -2.35. The second-order valence-electron chi connectivity index (χ2n) is 4.51. The summed E-state index contributed by atoms with van der Waals surface area (Å²) in [7, 11) is 1.69. The number of likely N-dealkylation sites (N-methyl/N-ethyl adjacent to an activating group) is 1. The molecule has 0 heterocycles. The molecule has 2 N–H and O–H groups in total. The third-order valence-electron chi connectivity index (χ3n) is 3.31. The summed E-state index contributed by atoms with van der Waals surface area (Å²) >= 11 is 0. The van der Waals surface area contributed by atoms with Gasteiger partial charge in [-0.25, -0.2) is 0 Å². The van der Waals surface area contributed by atoms with E-state index in [0.717, 1.165) is 19.3 Å². The highest BCUT2D eigenvalue weighted by Crippen LogP contribution is 2.28. The Bertz CT molecular complexity index is 261. The lowest BCUT2D eigenvalue weighted by Crippen LogP contribution is -2.57. The van der Waals surface area contributed by atoms with Gasteiger partial charge in [-0.1, -0.05) is 33.1 Å². The van der Waals surface area contributed by atoms with Gasteiger partial charge < -0.3 is 10.6 Å². The summed E-state index contributed by atoms with van der Waals surface area (Å²) in [5, 5.41) is 5.35. The van der Waals surface area contributed by atoms with Crippen LogP contribution >= 0.6 is 0 Å². The van der Waals surface area contributed by atoms with Gasteiger partial charge in [0, 0.05) is 6.54 Å². The molecule has 0 aromatic rings. The van der Waals surface area contributed by atoms with Crippen molar-refractivity contribution in [2.75, 3.05) is 13.6 Å². The standard InChI is InChI=1S/C11H19F3N2O.C2H6/c1-15-10(5-3-2-4-6-10)9(17)16-8-7-11(12,13)14;1-2/h15H,2-8H2,1H3,(H,16,17);1-2H3. The maximum absolute atomic E-state index is 12.0. The molecule has 6 heteroatoms. The van der Waals surface area contributed by atoms with Crippen LogP contribution < -0.4 is 10.6 Å². The van der Waals surface area contributed by atoms with Crippen LogP contribution in [0.5, 0.6) is 0 Å². The van der Waals surface area contributed by atoms with Crippen molar-refractivity contribution in [1.29, 1.82) is 0 Å². The summed E-state index contributed by atoms with van der Waals surface area (Å²) in [5.74, 6) is -0.302. The molecular weight excluding hydrogens is 257 g/mol. The first-order valence-corrected chi connectivity index (χ1v) is 6.94. The predicted octanol–water partition coefficient (Wildman–Crippen LogP) is 3.00. The Kier molecular flexibility index (Phi) is 8.06. The third kappa shape index (κ3) is 6.27. The minimum Gasteiger partial charge on any atom is -0.354 e. The van der Waals surface area contributed by atoms with E-state index in [2.05, 4.69) is 10.6 Å². The van der Waals surface area contributed by atoms with E-state index < -0.39 is 18.1 Å². The SMILES string of the molecule is CC.CNC1(C(=O)NCCC(F)(F)F)CCCCC1. The topological polar surface area (TPSA) is 41.1 Å². The quantitative estimate of drug-likeness (QED) is 0.832. The van der Waals surface area contributed by atoms with Gasteiger partial charge in [0.2, 0.25) is 5.91 Å². The van der Waals surface area contributed by atoms with Gasteiger partial charge in [0.15, 0.2) is 0 Å². The second-order valence-corrected chi connectivity index (χ2v) is 4.51. The zero-order chi connectivity index (χ0) is 14.9. The molecule has 19 heavy (non-hydrogen) atoms. The molecular formula is C13H25F3N2O. The lowest BCUT2D eigenvalue weighted by atomic mass is 9.81. The van der Waals surface area contributed by atoms with Gasteiger partial charge in [0.05, 0.1) is 12.0 Å². The first-order chi connectivity index (χ1) is 8.90. The van der Waals surface area contributed by atoms with E-state index in [-0.39, 0.29) is 12.5 Å². The van der Waals surface area contributed by atoms with Crippen LogP contribution in [0.2, 0.25) is 0 Å². The number of carbonyl (C=O) groups excluding carboxylic acids is 1. The average Bonchev–Trinajstić information content (AvgIpc) is 2.40. The molecule has 1 aliphatic rings.